The second-order valence-corrected chi connectivity index (χ2v) is 5.44. The Labute approximate surface area is 155 Å². The molecule has 0 aromatic heterocycles. The van der Waals surface area contributed by atoms with Gasteiger partial charge in [-0.25, -0.2) is 0 Å². The Bertz CT molecular complexity index is 644. The van der Waals surface area contributed by atoms with Crippen molar-refractivity contribution in [1.29, 1.82) is 0 Å². The van der Waals surface area contributed by atoms with Crippen molar-refractivity contribution in [2.24, 2.45) is 0 Å². The van der Waals surface area contributed by atoms with Gasteiger partial charge in [0, 0.05) is 24.8 Å². The predicted molar refractivity (Wildman–Crippen MR) is 97.0 cm³/mol. The number of hydrogen-bond donors (Lipinski definition) is 3. The molecule has 0 aliphatic carbocycles. The minimum absolute atomic E-state index is 0.0433. The van der Waals surface area contributed by atoms with Crippen LogP contribution in [0.3, 0.4) is 0 Å². The lowest BCUT2D eigenvalue weighted by Gasteiger charge is -2.16. The number of hydrazine groups is 1. The average Bonchev–Trinajstić information content (AvgIpc) is 2.58. The smallest absolute Gasteiger partial charge is 0.387 e. The van der Waals surface area contributed by atoms with E-state index in [1.807, 2.05) is 6.92 Å². The molecule has 7 nitrogen and oxygen atoms in total. The first-order valence-corrected chi connectivity index (χ1v) is 7.93. The number of carbonyl (C=O) groups excluding carboxylic acids is 1. The quantitative estimate of drug-likeness (QED) is 0.356. The van der Waals surface area contributed by atoms with Gasteiger partial charge in [-0.1, -0.05) is 12.1 Å². The van der Waals surface area contributed by atoms with Crippen molar-refractivity contribution >= 4 is 29.3 Å². The van der Waals surface area contributed by atoms with Gasteiger partial charge in [0.2, 0.25) is 0 Å². The molecule has 0 unspecified atom stereocenters. The minimum atomic E-state index is -3.02. The maximum Gasteiger partial charge on any atom is 0.387 e. The van der Waals surface area contributed by atoms with Gasteiger partial charge in [0.25, 0.3) is 5.91 Å². The number of halogens is 2. The molecule has 1 atom stereocenters. The minimum Gasteiger partial charge on any atom is -0.493 e. The first-order valence-electron chi connectivity index (χ1n) is 7.52. The van der Waals surface area contributed by atoms with Gasteiger partial charge in [0.1, 0.15) is 0 Å². The highest BCUT2D eigenvalue weighted by atomic mass is 32.1. The number of carbonyl (C=O) groups is 1. The van der Waals surface area contributed by atoms with Gasteiger partial charge in [-0.05, 0) is 31.3 Å². The molecule has 0 aliphatic heterocycles. The Morgan fingerprint density at radius 1 is 1.31 bits per heavy atom. The highest BCUT2D eigenvalue weighted by molar-refractivity contribution is 7.80. The first-order chi connectivity index (χ1) is 12.4. The van der Waals surface area contributed by atoms with Crippen LogP contribution in [0.25, 0.3) is 6.08 Å². The lowest BCUT2D eigenvalue weighted by Crippen LogP contribution is -2.49. The molecule has 0 bridgehead atoms. The third-order valence-electron chi connectivity index (χ3n) is 2.94. The molecule has 0 radical (unpaired) electrons. The first kappa shape index (κ1) is 21.6. The molecule has 0 aliphatic rings. The number of para-hydroxylation sites is 1. The van der Waals surface area contributed by atoms with E-state index < -0.39 is 12.5 Å². The zero-order valence-electron chi connectivity index (χ0n) is 14.5. The van der Waals surface area contributed by atoms with Crippen molar-refractivity contribution < 1.29 is 27.8 Å². The lowest BCUT2D eigenvalue weighted by atomic mass is 10.1. The maximum atomic E-state index is 12.6. The van der Waals surface area contributed by atoms with Crippen molar-refractivity contribution in [3.63, 3.8) is 0 Å². The molecule has 1 aromatic rings. The van der Waals surface area contributed by atoms with E-state index in [-0.39, 0.29) is 28.2 Å². The molecule has 144 valence electrons. The summed E-state index contributed by atoms with van der Waals surface area (Å²) < 4.78 is 39.5. The van der Waals surface area contributed by atoms with Crippen LogP contribution in [0.2, 0.25) is 0 Å². The molecule has 26 heavy (non-hydrogen) atoms. The van der Waals surface area contributed by atoms with Gasteiger partial charge in [-0.2, -0.15) is 8.78 Å². The molecule has 0 fully saturated rings. The fraction of sp³-hybridized carbons (Fsp3) is 0.375. The molecular formula is C16H21F2N3O4S. The van der Waals surface area contributed by atoms with E-state index >= 15 is 0 Å². The van der Waals surface area contributed by atoms with Crippen LogP contribution in [0, 0.1) is 0 Å². The Hall–Kier alpha value is -2.46. The lowest BCUT2D eigenvalue weighted by molar-refractivity contribution is -0.116. The molecule has 0 heterocycles. The molecule has 1 amide bonds. The summed E-state index contributed by atoms with van der Waals surface area (Å²) in [6, 6.07) is 4.53. The van der Waals surface area contributed by atoms with Crippen LogP contribution in [-0.2, 0) is 9.53 Å². The number of rotatable bonds is 8. The zero-order chi connectivity index (χ0) is 19.5. The number of hydrogen-bond acceptors (Lipinski definition) is 5. The van der Waals surface area contributed by atoms with Crippen LogP contribution in [0.1, 0.15) is 12.5 Å². The molecule has 0 saturated heterocycles. The number of benzene rings is 1. The van der Waals surface area contributed by atoms with Crippen molar-refractivity contribution in [3.8, 4) is 11.5 Å². The highest BCUT2D eigenvalue weighted by Gasteiger charge is 2.14. The van der Waals surface area contributed by atoms with Crippen LogP contribution < -0.4 is 25.6 Å². The van der Waals surface area contributed by atoms with Gasteiger partial charge in [0.15, 0.2) is 16.6 Å². The van der Waals surface area contributed by atoms with E-state index in [1.54, 1.807) is 13.2 Å². The van der Waals surface area contributed by atoms with Gasteiger partial charge >= 0.3 is 6.61 Å². The molecule has 0 saturated carbocycles. The van der Waals surface area contributed by atoms with Gasteiger partial charge in [-0.15, -0.1) is 0 Å². The van der Waals surface area contributed by atoms with Crippen molar-refractivity contribution in [3.05, 3.63) is 29.8 Å². The Morgan fingerprint density at radius 2 is 2.04 bits per heavy atom. The topological polar surface area (TPSA) is 80.9 Å². The maximum absolute atomic E-state index is 12.6. The third-order valence-corrected chi connectivity index (χ3v) is 3.16. The van der Waals surface area contributed by atoms with Gasteiger partial charge in [-0.3, -0.25) is 15.6 Å². The predicted octanol–water partition coefficient (Wildman–Crippen LogP) is 1.84. The van der Waals surface area contributed by atoms with Crippen molar-refractivity contribution in [1.82, 2.24) is 16.2 Å². The summed E-state index contributed by atoms with van der Waals surface area (Å²) in [7, 11) is 2.89. The van der Waals surface area contributed by atoms with Crippen LogP contribution >= 0.6 is 12.2 Å². The monoisotopic (exact) mass is 389 g/mol. The van der Waals surface area contributed by atoms with E-state index in [9.17, 15) is 13.6 Å². The summed E-state index contributed by atoms with van der Waals surface area (Å²) >= 11 is 5.01. The van der Waals surface area contributed by atoms with Crippen LogP contribution in [0.4, 0.5) is 8.78 Å². The molecule has 1 aromatic carbocycles. The third kappa shape index (κ3) is 7.62. The number of thiocarbonyl (C=S) groups is 1. The zero-order valence-corrected chi connectivity index (χ0v) is 15.4. The summed E-state index contributed by atoms with van der Waals surface area (Å²) in [5.41, 5.74) is 5.12. The second-order valence-electron chi connectivity index (χ2n) is 5.03. The summed E-state index contributed by atoms with van der Waals surface area (Å²) in [5, 5.41) is 3.10. The van der Waals surface area contributed by atoms with Gasteiger partial charge in [0.05, 0.1) is 13.7 Å². The average molecular weight is 389 g/mol. The fourth-order valence-electron chi connectivity index (χ4n) is 1.92. The molecule has 10 heteroatoms. The molecular weight excluding hydrogens is 368 g/mol. The normalized spacial score (nSPS) is 11.9. The van der Waals surface area contributed by atoms with Crippen molar-refractivity contribution in [2.45, 2.75) is 19.6 Å². The second kappa shape index (κ2) is 11.2. The van der Waals surface area contributed by atoms with E-state index in [4.69, 9.17) is 21.7 Å². The number of alkyl halides is 2. The summed E-state index contributed by atoms with van der Waals surface area (Å²) in [4.78, 5) is 11.8. The van der Waals surface area contributed by atoms with E-state index in [0.717, 1.165) is 6.08 Å². The van der Waals surface area contributed by atoms with Gasteiger partial charge < -0.3 is 19.5 Å². The van der Waals surface area contributed by atoms with Crippen LogP contribution in [0.5, 0.6) is 11.5 Å². The SMILES string of the molecule is COC[C@H](C)NC(=S)NNC(=O)/C=C/c1cccc(OC)c1OC(F)F. The highest BCUT2D eigenvalue weighted by Crippen LogP contribution is 2.33. The number of methoxy groups -OCH3 is 2. The standard InChI is InChI=1S/C16H21F2N3O4S/c1-10(9-23-2)19-16(26)21-20-13(22)8-7-11-5-4-6-12(24-3)14(11)25-15(17)18/h4-8,10,15H,9H2,1-3H3,(H,20,22)(H2,19,21,26)/b8-7+/t10-/m0/s1. The summed E-state index contributed by atoms with van der Waals surface area (Å²) in [6.45, 7) is -0.725. The number of amides is 1. The largest absolute Gasteiger partial charge is 0.493 e. The number of ether oxygens (including phenoxy) is 3. The molecule has 1 rings (SSSR count). The van der Waals surface area contributed by atoms with Crippen LogP contribution in [0.15, 0.2) is 24.3 Å². The number of nitrogens with one attached hydrogen (secondary N) is 3. The fourth-order valence-corrected chi connectivity index (χ4v) is 2.17. The van der Waals surface area contributed by atoms with E-state index in [1.165, 1.54) is 25.3 Å². The van der Waals surface area contributed by atoms with E-state index in [2.05, 4.69) is 20.9 Å². The molecule has 3 N–H and O–H groups in total. The van der Waals surface area contributed by atoms with Crippen molar-refractivity contribution in [2.75, 3.05) is 20.8 Å². The Balaban J connectivity index is 2.67. The van der Waals surface area contributed by atoms with Crippen LogP contribution in [-0.4, -0.2) is 44.5 Å². The molecule has 0 spiro atoms. The Morgan fingerprint density at radius 3 is 2.65 bits per heavy atom. The summed E-state index contributed by atoms with van der Waals surface area (Å²) in [6.07, 6.45) is 2.46. The summed E-state index contributed by atoms with van der Waals surface area (Å²) in [5.74, 6) is -0.574. The van der Waals surface area contributed by atoms with E-state index in [0.29, 0.717) is 6.61 Å². The Kier molecular flexibility index (Phi) is 9.31.